The third-order valence-electron chi connectivity index (χ3n) is 13.5. The van der Waals surface area contributed by atoms with E-state index in [1.807, 2.05) is 0 Å². The number of hydrogen-bond acceptors (Lipinski definition) is 21. The lowest BCUT2D eigenvalue weighted by molar-refractivity contribution is -0.189. The Bertz CT molecular complexity index is 2230. The van der Waals surface area contributed by atoms with Crippen molar-refractivity contribution in [2.24, 2.45) is 29.4 Å². The first-order valence-corrected chi connectivity index (χ1v) is 26.6. The number of rotatable bonds is 6. The van der Waals surface area contributed by atoms with Crippen LogP contribution in [0.15, 0.2) is 0 Å². The number of esters is 3. The SMILES string of the molecule is CCC(=O)Cl.CN1CC(C(=O)O)C(O)C(F)(F)C1.CN1CC(N)C(O)C(F)(F)C1.CN1CC(NC(=O)CCl)C(O)C(F)(F)C1.CN1CC2CC(=O)OC2C(F)(F)C1.COC(=O)C1CN(C)CC(F)(F)C1=O.COC(=O)C1CN(C)CC(F)(F)C1O. The summed E-state index contributed by atoms with van der Waals surface area (Å²) in [6, 6.07) is -1.83. The minimum atomic E-state index is -3.45. The van der Waals surface area contributed by atoms with Crippen LogP contribution in [0, 0.1) is 23.7 Å². The monoisotopic (exact) mass is 1300 g/mol. The molecule has 0 saturated carbocycles. The second-order valence-electron chi connectivity index (χ2n) is 21.5. The van der Waals surface area contributed by atoms with Gasteiger partial charge in [-0.1, -0.05) is 6.92 Å². The van der Waals surface area contributed by atoms with Crippen molar-refractivity contribution in [3.05, 3.63) is 0 Å². The fourth-order valence-electron chi connectivity index (χ4n) is 9.54. The van der Waals surface area contributed by atoms with Gasteiger partial charge in [0.2, 0.25) is 16.9 Å². The van der Waals surface area contributed by atoms with Gasteiger partial charge in [0.05, 0.1) is 66.0 Å². The number of ether oxygens (including phenoxy) is 3. The number of aliphatic carboxylic acids is 1. The van der Waals surface area contributed by atoms with Gasteiger partial charge in [-0.25, -0.2) is 43.9 Å². The minimum absolute atomic E-state index is 0.0128. The number of amides is 1. The van der Waals surface area contributed by atoms with E-state index < -0.39 is 164 Å². The van der Waals surface area contributed by atoms with Crippen LogP contribution in [-0.2, 0) is 47.8 Å². The number of nitrogens with zero attached hydrogens (tertiary/aromatic N) is 6. The number of nitrogens with two attached hydrogens (primary N) is 1. The van der Waals surface area contributed by atoms with E-state index in [-0.39, 0.29) is 56.2 Å². The van der Waals surface area contributed by atoms with Crippen LogP contribution in [0.5, 0.6) is 0 Å². The van der Waals surface area contributed by atoms with Crippen LogP contribution in [0.1, 0.15) is 19.8 Å². The molecule has 7 aliphatic heterocycles. The van der Waals surface area contributed by atoms with E-state index in [0.29, 0.717) is 19.5 Å². The van der Waals surface area contributed by atoms with Crippen molar-refractivity contribution >= 4 is 64.0 Å². The minimum Gasteiger partial charge on any atom is -0.481 e. The molecule has 0 aliphatic carbocycles. The molecular weight excluding hydrogens is 1230 g/mol. The summed E-state index contributed by atoms with van der Waals surface area (Å²) in [4.78, 5) is 83.1. The number of alkyl halides is 13. The second-order valence-corrected chi connectivity index (χ2v) is 22.2. The number of carbonyl (C=O) groups excluding carboxylic acids is 6. The quantitative estimate of drug-likeness (QED) is 0.0454. The van der Waals surface area contributed by atoms with Gasteiger partial charge < -0.3 is 55.7 Å². The Morgan fingerprint density at radius 2 is 0.988 bits per heavy atom. The van der Waals surface area contributed by atoms with Gasteiger partial charge in [-0.3, -0.25) is 58.1 Å². The van der Waals surface area contributed by atoms with Crippen LogP contribution in [-0.4, -0.2) is 315 Å². The zero-order valence-corrected chi connectivity index (χ0v) is 49.3. The Kier molecular flexibility index (Phi) is 30.7. The number of ketones is 1. The standard InChI is InChI=1S/C8H13ClF2N2O2.C8H13F2NO3.C8H11F2NO3.C8H11F2NO2.C7H11F2NO3.C6H12F2N2O.C3H5ClO/c1-13-3-5(12-6(14)2-9)7(15)8(10,11)4-13;2*1-11-3-5(7(13)14-2)6(12)8(9,10)4-11;1-11-3-5-2-6(12)13-7(5)8(9,10)4-11;1-10-2-4(6(12)13)5(11)7(8,9)3-10;1-10-2-4(9)5(11)6(7,8)3-10;1-2-3(4)5/h5,7,15H,2-4H2,1H3,(H,12,14);5-6,12H,3-4H2,1-2H3;5H,3-4H2,1-2H3;5,7H,2-4H2,1H3;4-5,11H,2-3H2,1H3,(H,12,13);4-5,11H,2-3,9H2,1H3;2H2,1H3. The highest BCUT2D eigenvalue weighted by molar-refractivity contribution is 6.63. The van der Waals surface area contributed by atoms with Gasteiger partial charge >= 0.3 is 29.8 Å². The first kappa shape index (κ1) is 79.0. The molecule has 0 aromatic carbocycles. The summed E-state index contributed by atoms with van der Waals surface area (Å²) in [5, 5.41) is 47.0. The summed E-state index contributed by atoms with van der Waals surface area (Å²) in [7, 11) is 11.2. The molecule has 0 spiro atoms. The molecule has 7 rings (SSSR count). The fraction of sp³-hybridized carbons (Fsp3) is 0.854. The van der Waals surface area contributed by atoms with Gasteiger partial charge in [0.25, 0.3) is 29.6 Å². The third kappa shape index (κ3) is 24.1. The normalized spacial score (nSPS) is 32.1. The lowest BCUT2D eigenvalue weighted by Crippen LogP contribution is -2.63. The van der Waals surface area contributed by atoms with Crippen LogP contribution >= 0.6 is 23.2 Å². The fourth-order valence-corrected chi connectivity index (χ4v) is 9.62. The highest BCUT2D eigenvalue weighted by atomic mass is 35.5. The zero-order chi connectivity index (χ0) is 66.3. The summed E-state index contributed by atoms with van der Waals surface area (Å²) in [5.74, 6) is -29.3. The number of carboxylic acid groups (broad SMARTS) is 1. The molecule has 11 atom stereocenters. The molecule has 7 heterocycles. The van der Waals surface area contributed by atoms with Crippen molar-refractivity contribution in [1.82, 2.24) is 34.7 Å². The molecule has 11 unspecified atom stereocenters. The summed E-state index contributed by atoms with van der Waals surface area (Å²) < 4.78 is 170. The Morgan fingerprint density at radius 3 is 1.42 bits per heavy atom. The van der Waals surface area contributed by atoms with E-state index in [2.05, 4.69) is 19.5 Å². The summed E-state index contributed by atoms with van der Waals surface area (Å²) >= 11 is 10.1. The molecule has 7 aliphatic rings. The number of carbonyl (C=O) groups is 7. The zero-order valence-electron chi connectivity index (χ0n) is 47.8. The van der Waals surface area contributed by atoms with Gasteiger partial charge in [0.15, 0.2) is 6.10 Å². The molecule has 0 aromatic heterocycles. The predicted molar refractivity (Wildman–Crippen MR) is 276 cm³/mol. The Morgan fingerprint density at radius 1 is 0.600 bits per heavy atom. The number of likely N-dealkylation sites (tertiary alicyclic amines) is 6. The molecule has 7 fully saturated rings. The summed E-state index contributed by atoms with van der Waals surface area (Å²) in [6.45, 7) is -0.266. The van der Waals surface area contributed by atoms with Crippen molar-refractivity contribution in [3.63, 3.8) is 0 Å². The lowest BCUT2D eigenvalue weighted by atomic mass is 9.92. The van der Waals surface area contributed by atoms with Gasteiger partial charge in [-0.2, -0.15) is 8.78 Å². The number of piperidine rings is 6. The molecular formula is C48H76Cl2F12N8O15. The van der Waals surface area contributed by atoms with Gasteiger partial charge in [-0.15, -0.1) is 11.6 Å². The number of aliphatic hydroxyl groups is 4. The van der Waals surface area contributed by atoms with Crippen molar-refractivity contribution in [3.8, 4) is 0 Å². The Labute approximate surface area is 491 Å². The number of methoxy groups -OCH3 is 2. The molecule has 37 heteroatoms. The highest BCUT2D eigenvalue weighted by Gasteiger charge is 2.57. The van der Waals surface area contributed by atoms with Crippen LogP contribution in [0.4, 0.5) is 52.7 Å². The van der Waals surface area contributed by atoms with E-state index in [9.17, 15) is 96.5 Å². The van der Waals surface area contributed by atoms with Crippen molar-refractivity contribution in [2.75, 3.05) is 141 Å². The predicted octanol–water partition coefficient (Wildman–Crippen LogP) is -0.161. The Hall–Kier alpha value is -4.01. The van der Waals surface area contributed by atoms with Crippen LogP contribution in [0.25, 0.3) is 0 Å². The van der Waals surface area contributed by atoms with Crippen LogP contribution in [0.2, 0.25) is 0 Å². The summed E-state index contributed by atoms with van der Waals surface area (Å²) in [6.07, 6.45) is -8.21. The van der Waals surface area contributed by atoms with Gasteiger partial charge in [0, 0.05) is 57.6 Å². The van der Waals surface area contributed by atoms with E-state index >= 15 is 0 Å². The first-order valence-electron chi connectivity index (χ1n) is 25.7. The molecule has 23 nitrogen and oxygen atoms in total. The van der Waals surface area contributed by atoms with E-state index in [4.69, 9.17) is 44.3 Å². The van der Waals surface area contributed by atoms with E-state index in [1.165, 1.54) is 52.7 Å². The van der Waals surface area contributed by atoms with Crippen molar-refractivity contribution in [1.29, 1.82) is 0 Å². The van der Waals surface area contributed by atoms with Crippen molar-refractivity contribution in [2.45, 2.75) is 97.9 Å². The smallest absolute Gasteiger partial charge is 0.318 e. The topological polar surface area (TPSA) is 306 Å². The van der Waals surface area contributed by atoms with Gasteiger partial charge in [-0.05, 0) is 53.9 Å². The average Bonchev–Trinajstić information content (AvgIpc) is 3.51. The number of likely N-dealkylation sites (N-methyl/N-ethyl adjacent to an activating group) is 2. The molecule has 8 N–H and O–H groups in total. The third-order valence-corrected chi connectivity index (χ3v) is 14.0. The number of carboxylic acids is 1. The number of halogens is 14. The summed E-state index contributed by atoms with van der Waals surface area (Å²) in [5.41, 5.74) is 5.27. The maximum absolute atomic E-state index is 13.3. The largest absolute Gasteiger partial charge is 0.481 e. The van der Waals surface area contributed by atoms with Crippen LogP contribution < -0.4 is 11.1 Å². The Balaban J connectivity index is 0.000000502. The number of hydrogen-bond donors (Lipinski definition) is 7. The molecule has 0 radical (unpaired) electrons. The van der Waals surface area contributed by atoms with Crippen molar-refractivity contribution < 1.29 is 126 Å². The number of fused-ring (bicyclic) bond motifs is 1. The molecule has 0 aromatic rings. The lowest BCUT2D eigenvalue weighted by Gasteiger charge is -2.39. The molecule has 7 saturated heterocycles. The average molecular weight is 1300 g/mol. The number of Topliss-reactive ketones (excluding diaryl/α,β-unsaturated/α-hetero) is 1. The van der Waals surface area contributed by atoms with E-state index in [1.54, 1.807) is 25.9 Å². The highest BCUT2D eigenvalue weighted by Crippen LogP contribution is 2.39. The molecule has 496 valence electrons. The number of nitrogens with one attached hydrogen (secondary N) is 1. The molecule has 85 heavy (non-hydrogen) atoms. The maximum atomic E-state index is 13.3. The van der Waals surface area contributed by atoms with Crippen LogP contribution in [0.3, 0.4) is 0 Å². The first-order chi connectivity index (χ1) is 38.7. The van der Waals surface area contributed by atoms with Gasteiger partial charge in [0.1, 0.15) is 48.0 Å². The maximum Gasteiger partial charge on any atom is 0.318 e. The van der Waals surface area contributed by atoms with E-state index in [0.717, 1.165) is 14.2 Å². The second kappa shape index (κ2) is 33.0. The number of aliphatic hydroxyl groups excluding tert-OH is 4. The molecule has 0 bridgehead atoms. The molecule has 1 amide bonds.